The first kappa shape index (κ1) is 21.0. The molecule has 6 aliphatic rings. The van der Waals surface area contributed by atoms with Crippen molar-refractivity contribution in [1.29, 1.82) is 0 Å². The lowest BCUT2D eigenvalue weighted by Crippen LogP contribution is -2.58. The molecule has 0 aromatic heterocycles. The van der Waals surface area contributed by atoms with Gasteiger partial charge >= 0.3 is 23.9 Å². The van der Waals surface area contributed by atoms with Gasteiger partial charge in [-0.1, -0.05) is 0 Å². The molecular weight excluding hydrogens is 416 g/mol. The normalized spacial score (nSPS) is 38.8. The Bertz CT molecular complexity index is 886. The third-order valence-corrected chi connectivity index (χ3v) is 7.16. The highest BCUT2D eigenvalue weighted by Gasteiger charge is 2.61. The number of ether oxygens (including phenoxy) is 1. The van der Waals surface area contributed by atoms with Gasteiger partial charge in [0.1, 0.15) is 23.1 Å². The molecule has 6 rings (SSSR count). The minimum Gasteiger partial charge on any atom is -0.481 e. The standard InChI is InChI=1S/C20H18O11/c21-9-3-7-11(23)1-5(9)13(17(25)26)15(7)19(29)31-20(30)16-8-4-10(22)6(2-12(8)24)14(16)18(27)28/h5-8,13-16H,1-4H2,(H,25,26)(H,27,28). The molecule has 8 atom stereocenters. The van der Waals surface area contributed by atoms with Gasteiger partial charge in [-0.2, -0.15) is 0 Å². The number of hydrogen-bond donors (Lipinski definition) is 2. The zero-order valence-corrected chi connectivity index (χ0v) is 16.0. The second kappa shape index (κ2) is 7.17. The Morgan fingerprint density at radius 1 is 0.548 bits per heavy atom. The molecular formula is C20H18O11. The number of carbonyl (C=O) groups excluding carboxylic acids is 6. The summed E-state index contributed by atoms with van der Waals surface area (Å²) in [6, 6.07) is 0. The van der Waals surface area contributed by atoms with Crippen molar-refractivity contribution in [2.45, 2.75) is 25.7 Å². The van der Waals surface area contributed by atoms with E-state index in [9.17, 15) is 48.6 Å². The molecule has 6 saturated carbocycles. The van der Waals surface area contributed by atoms with Gasteiger partial charge in [0.25, 0.3) is 0 Å². The molecule has 4 bridgehead atoms. The lowest BCUT2D eigenvalue weighted by Gasteiger charge is -2.44. The fraction of sp³-hybridized carbons (Fsp3) is 0.600. The van der Waals surface area contributed by atoms with E-state index in [2.05, 4.69) is 0 Å². The van der Waals surface area contributed by atoms with Crippen molar-refractivity contribution >= 4 is 47.0 Å². The van der Waals surface area contributed by atoms with Crippen molar-refractivity contribution in [2.75, 3.05) is 0 Å². The third kappa shape index (κ3) is 3.10. The smallest absolute Gasteiger partial charge is 0.318 e. The predicted molar refractivity (Wildman–Crippen MR) is 92.8 cm³/mol. The number of rotatable bonds is 4. The summed E-state index contributed by atoms with van der Waals surface area (Å²) in [5, 5.41) is 19.0. The molecule has 0 saturated heterocycles. The molecule has 31 heavy (non-hydrogen) atoms. The lowest BCUT2D eigenvalue weighted by molar-refractivity contribution is -0.186. The topological polar surface area (TPSA) is 186 Å². The number of Topliss-reactive ketones (excluding diaryl/α,β-unsaturated/α-hetero) is 4. The Hall–Kier alpha value is -3.24. The van der Waals surface area contributed by atoms with E-state index in [1.165, 1.54) is 0 Å². The molecule has 0 heterocycles. The highest BCUT2D eigenvalue weighted by atomic mass is 16.6. The van der Waals surface area contributed by atoms with Gasteiger partial charge in [0.05, 0.1) is 23.7 Å². The van der Waals surface area contributed by atoms with Crippen LogP contribution in [0.25, 0.3) is 0 Å². The molecule has 11 heteroatoms. The molecule has 0 aromatic rings. The molecule has 8 unspecified atom stereocenters. The molecule has 11 nitrogen and oxygen atoms in total. The number of hydrogen-bond acceptors (Lipinski definition) is 9. The quantitative estimate of drug-likeness (QED) is 0.410. The first-order valence-corrected chi connectivity index (χ1v) is 9.85. The average Bonchev–Trinajstić information content (AvgIpc) is 2.68. The molecule has 0 aromatic carbocycles. The van der Waals surface area contributed by atoms with Crippen LogP contribution in [-0.2, 0) is 43.1 Å². The number of aliphatic carboxylic acids is 2. The van der Waals surface area contributed by atoms with Crippen LogP contribution in [0.5, 0.6) is 0 Å². The molecule has 0 amide bonds. The Labute approximate surface area is 174 Å². The second-order valence-corrected chi connectivity index (χ2v) is 8.63. The van der Waals surface area contributed by atoms with Crippen molar-refractivity contribution in [3.8, 4) is 0 Å². The van der Waals surface area contributed by atoms with Crippen LogP contribution >= 0.6 is 0 Å². The molecule has 6 aliphatic carbocycles. The zero-order valence-electron chi connectivity index (χ0n) is 16.0. The average molecular weight is 434 g/mol. The van der Waals surface area contributed by atoms with Gasteiger partial charge in [0.15, 0.2) is 0 Å². The van der Waals surface area contributed by atoms with Crippen molar-refractivity contribution in [3.63, 3.8) is 0 Å². The lowest BCUT2D eigenvalue weighted by atomic mass is 9.57. The van der Waals surface area contributed by atoms with Crippen LogP contribution in [0.1, 0.15) is 25.7 Å². The fourth-order valence-electron chi connectivity index (χ4n) is 5.75. The van der Waals surface area contributed by atoms with E-state index < -0.39 is 94.4 Å². The van der Waals surface area contributed by atoms with Crippen LogP contribution in [0.4, 0.5) is 0 Å². The fourth-order valence-corrected chi connectivity index (χ4v) is 5.75. The minimum atomic E-state index is -1.56. The SMILES string of the molecule is O=C1CC2C(=O)CC1C(C(=O)O)C2C(=O)OC(=O)C1C2CC(=O)C(CC2=O)C1C(=O)O. The first-order chi connectivity index (χ1) is 14.5. The van der Waals surface area contributed by atoms with Gasteiger partial charge in [-0.15, -0.1) is 0 Å². The number of carbonyl (C=O) groups is 8. The van der Waals surface area contributed by atoms with Crippen LogP contribution in [0, 0.1) is 47.3 Å². The van der Waals surface area contributed by atoms with Gasteiger partial charge in [0, 0.05) is 49.4 Å². The third-order valence-electron chi connectivity index (χ3n) is 7.16. The van der Waals surface area contributed by atoms with Crippen LogP contribution < -0.4 is 0 Å². The Morgan fingerprint density at radius 2 is 0.806 bits per heavy atom. The highest BCUT2D eigenvalue weighted by molar-refractivity contribution is 6.07. The van der Waals surface area contributed by atoms with E-state index in [4.69, 9.17) is 4.74 Å². The zero-order chi connectivity index (χ0) is 22.8. The molecule has 2 N–H and O–H groups in total. The van der Waals surface area contributed by atoms with E-state index in [-0.39, 0.29) is 25.7 Å². The Kier molecular flexibility index (Phi) is 4.86. The molecule has 6 fully saturated rings. The van der Waals surface area contributed by atoms with Gasteiger partial charge in [-0.25, -0.2) is 0 Å². The number of esters is 2. The summed E-state index contributed by atoms with van der Waals surface area (Å²) in [5.74, 6) is -18.5. The molecule has 0 radical (unpaired) electrons. The van der Waals surface area contributed by atoms with Crippen molar-refractivity contribution in [1.82, 2.24) is 0 Å². The van der Waals surface area contributed by atoms with Crippen molar-refractivity contribution in [2.24, 2.45) is 47.3 Å². The summed E-state index contributed by atoms with van der Waals surface area (Å²) in [6.07, 6.45) is -1.27. The predicted octanol–water partition coefficient (Wildman–Crippen LogP) is -0.954. The highest BCUT2D eigenvalue weighted by Crippen LogP contribution is 2.48. The summed E-state index contributed by atoms with van der Waals surface area (Å²) >= 11 is 0. The van der Waals surface area contributed by atoms with E-state index in [1.54, 1.807) is 0 Å². The largest absolute Gasteiger partial charge is 0.481 e. The monoisotopic (exact) mass is 434 g/mol. The summed E-state index contributed by atoms with van der Waals surface area (Å²) in [4.78, 5) is 97.5. The summed E-state index contributed by atoms with van der Waals surface area (Å²) < 4.78 is 4.83. The maximum atomic E-state index is 12.8. The number of fused-ring (bicyclic) bond motifs is 6. The van der Waals surface area contributed by atoms with Gasteiger partial charge in [-0.05, 0) is 0 Å². The molecule has 164 valence electrons. The van der Waals surface area contributed by atoms with Gasteiger partial charge in [0.2, 0.25) is 0 Å². The van der Waals surface area contributed by atoms with E-state index in [0.29, 0.717) is 0 Å². The maximum absolute atomic E-state index is 12.8. The molecule has 0 aliphatic heterocycles. The number of carboxylic acids is 2. The summed E-state index contributed by atoms with van der Waals surface area (Å²) in [6.45, 7) is 0. The Morgan fingerprint density at radius 3 is 1.06 bits per heavy atom. The van der Waals surface area contributed by atoms with Gasteiger partial charge < -0.3 is 14.9 Å². The van der Waals surface area contributed by atoms with Gasteiger partial charge in [-0.3, -0.25) is 38.4 Å². The number of ketones is 4. The van der Waals surface area contributed by atoms with Crippen LogP contribution in [0.2, 0.25) is 0 Å². The maximum Gasteiger partial charge on any atom is 0.318 e. The van der Waals surface area contributed by atoms with E-state index in [0.717, 1.165) is 0 Å². The van der Waals surface area contributed by atoms with E-state index >= 15 is 0 Å². The Balaban J connectivity index is 1.60. The summed E-state index contributed by atoms with van der Waals surface area (Å²) in [5.41, 5.74) is 0. The number of carboxylic acid groups (broad SMARTS) is 2. The minimum absolute atomic E-state index is 0.303. The van der Waals surface area contributed by atoms with Crippen LogP contribution in [0.3, 0.4) is 0 Å². The van der Waals surface area contributed by atoms with Crippen molar-refractivity contribution in [3.05, 3.63) is 0 Å². The van der Waals surface area contributed by atoms with E-state index in [1.807, 2.05) is 0 Å². The van der Waals surface area contributed by atoms with Crippen LogP contribution in [-0.4, -0.2) is 57.2 Å². The van der Waals surface area contributed by atoms with Crippen LogP contribution in [0.15, 0.2) is 0 Å². The summed E-state index contributed by atoms with van der Waals surface area (Å²) in [7, 11) is 0. The second-order valence-electron chi connectivity index (χ2n) is 8.63. The van der Waals surface area contributed by atoms with Crippen molar-refractivity contribution < 1.29 is 53.3 Å². The molecule has 0 spiro atoms. The first-order valence-electron chi connectivity index (χ1n) is 9.85.